The van der Waals surface area contributed by atoms with Crippen LogP contribution in [0.4, 0.5) is 5.82 Å². The molecule has 0 fully saturated rings. The molecule has 6 heteroatoms. The molecule has 0 aliphatic rings. The van der Waals surface area contributed by atoms with Crippen LogP contribution in [0.15, 0.2) is 55.1 Å². The van der Waals surface area contributed by atoms with E-state index < -0.39 is 0 Å². The van der Waals surface area contributed by atoms with E-state index >= 15 is 0 Å². The third kappa shape index (κ3) is 4.08. The second-order valence-electron chi connectivity index (χ2n) is 5.94. The monoisotopic (exact) mass is 350 g/mol. The minimum Gasteiger partial charge on any atom is -0.504 e. The number of phenols is 1. The van der Waals surface area contributed by atoms with Crippen LogP contribution in [0, 0.1) is 0 Å². The van der Waals surface area contributed by atoms with Crippen molar-refractivity contribution in [2.24, 2.45) is 0 Å². The van der Waals surface area contributed by atoms with Crippen LogP contribution in [0.2, 0.25) is 0 Å². The fourth-order valence-electron chi connectivity index (χ4n) is 2.80. The molecule has 1 aromatic carbocycles. The molecule has 2 aromatic heterocycles. The fourth-order valence-corrected chi connectivity index (χ4v) is 2.80. The van der Waals surface area contributed by atoms with Gasteiger partial charge in [-0.3, -0.25) is 9.97 Å². The lowest BCUT2D eigenvalue weighted by atomic mass is 10.0. The largest absolute Gasteiger partial charge is 0.504 e. The van der Waals surface area contributed by atoms with Gasteiger partial charge in [0.05, 0.1) is 31.2 Å². The van der Waals surface area contributed by atoms with E-state index in [4.69, 9.17) is 4.74 Å². The lowest BCUT2D eigenvalue weighted by Crippen LogP contribution is -2.12. The minimum absolute atomic E-state index is 0.0965. The first-order valence-electron chi connectivity index (χ1n) is 8.57. The normalized spacial score (nSPS) is 11.8. The summed E-state index contributed by atoms with van der Waals surface area (Å²) < 4.78 is 5.17. The molecule has 3 rings (SSSR count). The molecule has 6 nitrogen and oxygen atoms in total. The molecule has 0 radical (unpaired) electrons. The van der Waals surface area contributed by atoms with Crippen molar-refractivity contribution in [3.63, 3.8) is 0 Å². The molecule has 0 bridgehead atoms. The van der Waals surface area contributed by atoms with Crippen LogP contribution in [-0.4, -0.2) is 27.2 Å². The Morgan fingerprint density at radius 3 is 2.65 bits per heavy atom. The summed E-state index contributed by atoms with van der Waals surface area (Å²) in [4.78, 5) is 13.1. The summed E-state index contributed by atoms with van der Waals surface area (Å²) in [5, 5.41) is 13.2. The molecule has 0 aliphatic carbocycles. The maximum absolute atomic E-state index is 9.76. The highest BCUT2D eigenvalue weighted by atomic mass is 16.5. The molecule has 0 saturated carbocycles. The second kappa shape index (κ2) is 8.29. The number of aromatic nitrogens is 3. The van der Waals surface area contributed by atoms with Crippen LogP contribution in [-0.2, 0) is 0 Å². The Labute approximate surface area is 152 Å². The van der Waals surface area contributed by atoms with Crippen molar-refractivity contribution in [3.05, 3.63) is 60.7 Å². The predicted octanol–water partition coefficient (Wildman–Crippen LogP) is 4.21. The van der Waals surface area contributed by atoms with Gasteiger partial charge < -0.3 is 15.2 Å². The molecule has 0 amide bonds. The van der Waals surface area contributed by atoms with Crippen molar-refractivity contribution in [1.82, 2.24) is 15.0 Å². The van der Waals surface area contributed by atoms with Crippen LogP contribution in [0.3, 0.4) is 0 Å². The number of nitrogens with one attached hydrogen (secondary N) is 1. The Hall–Kier alpha value is -3.15. The Balaban J connectivity index is 1.86. The number of hydrogen-bond donors (Lipinski definition) is 2. The van der Waals surface area contributed by atoms with E-state index in [1.165, 1.54) is 12.7 Å². The lowest BCUT2D eigenvalue weighted by molar-refractivity contribution is 0.373. The van der Waals surface area contributed by atoms with Gasteiger partial charge >= 0.3 is 0 Å². The van der Waals surface area contributed by atoms with Crippen LogP contribution >= 0.6 is 0 Å². The van der Waals surface area contributed by atoms with E-state index in [-0.39, 0.29) is 11.8 Å². The van der Waals surface area contributed by atoms with E-state index in [1.807, 2.05) is 12.1 Å². The number of hydrogen-bond acceptors (Lipinski definition) is 6. The highest BCUT2D eigenvalue weighted by molar-refractivity contribution is 5.64. The molecular weight excluding hydrogens is 328 g/mol. The number of nitrogens with zero attached hydrogens (tertiary/aromatic N) is 3. The summed E-state index contributed by atoms with van der Waals surface area (Å²) in [6, 6.07) is 9.28. The SMILES string of the molecule is CCCC(Nc1cncc(-c2ccc(O)c(OC)c2)n1)c1ccncc1. The van der Waals surface area contributed by atoms with Crippen LogP contribution in [0.25, 0.3) is 11.3 Å². The fraction of sp³-hybridized carbons (Fsp3) is 0.250. The van der Waals surface area contributed by atoms with Crippen LogP contribution in [0.1, 0.15) is 31.4 Å². The Morgan fingerprint density at radius 1 is 1.12 bits per heavy atom. The average Bonchev–Trinajstić information content (AvgIpc) is 2.69. The van der Waals surface area contributed by atoms with Gasteiger partial charge in [-0.05, 0) is 42.3 Å². The zero-order valence-electron chi connectivity index (χ0n) is 14.9. The molecule has 2 heterocycles. The summed E-state index contributed by atoms with van der Waals surface area (Å²) in [6.07, 6.45) is 9.02. The Morgan fingerprint density at radius 2 is 1.92 bits per heavy atom. The molecule has 0 aliphatic heterocycles. The molecule has 26 heavy (non-hydrogen) atoms. The highest BCUT2D eigenvalue weighted by Gasteiger charge is 2.12. The van der Waals surface area contributed by atoms with Crippen molar-refractivity contribution in [2.45, 2.75) is 25.8 Å². The van der Waals surface area contributed by atoms with E-state index in [1.54, 1.807) is 43.0 Å². The first-order valence-corrected chi connectivity index (χ1v) is 8.57. The van der Waals surface area contributed by atoms with Gasteiger partial charge in [0.2, 0.25) is 0 Å². The molecule has 0 spiro atoms. The van der Waals surface area contributed by atoms with Gasteiger partial charge in [-0.2, -0.15) is 0 Å². The summed E-state index contributed by atoms with van der Waals surface area (Å²) >= 11 is 0. The topological polar surface area (TPSA) is 80.2 Å². The summed E-state index contributed by atoms with van der Waals surface area (Å²) in [6.45, 7) is 2.15. The number of aromatic hydroxyl groups is 1. The van der Waals surface area contributed by atoms with Crippen LogP contribution in [0.5, 0.6) is 11.5 Å². The number of anilines is 1. The number of rotatable bonds is 7. The molecule has 134 valence electrons. The minimum atomic E-state index is 0.0965. The number of methoxy groups -OCH3 is 1. The van der Waals surface area contributed by atoms with Gasteiger partial charge in [0.1, 0.15) is 5.82 Å². The van der Waals surface area contributed by atoms with Gasteiger partial charge in [0.25, 0.3) is 0 Å². The van der Waals surface area contributed by atoms with Gasteiger partial charge in [-0.1, -0.05) is 13.3 Å². The maximum Gasteiger partial charge on any atom is 0.161 e. The number of phenolic OH excluding ortho intramolecular Hbond substituents is 1. The molecule has 1 unspecified atom stereocenters. The van der Waals surface area contributed by atoms with E-state index in [9.17, 15) is 5.11 Å². The molecular formula is C20H22N4O2. The van der Waals surface area contributed by atoms with Gasteiger partial charge in [-0.25, -0.2) is 4.98 Å². The van der Waals surface area contributed by atoms with Crippen molar-refractivity contribution < 1.29 is 9.84 Å². The number of pyridine rings is 1. The summed E-state index contributed by atoms with van der Waals surface area (Å²) in [5.74, 6) is 1.20. The maximum atomic E-state index is 9.76. The number of ether oxygens (including phenoxy) is 1. The third-order valence-electron chi connectivity index (χ3n) is 4.12. The smallest absolute Gasteiger partial charge is 0.161 e. The zero-order valence-corrected chi connectivity index (χ0v) is 14.9. The molecule has 1 atom stereocenters. The van der Waals surface area contributed by atoms with Crippen LogP contribution < -0.4 is 10.1 Å². The molecule has 0 saturated heterocycles. The van der Waals surface area contributed by atoms with Gasteiger partial charge in [0.15, 0.2) is 11.5 Å². The van der Waals surface area contributed by atoms with Crippen molar-refractivity contribution in [3.8, 4) is 22.8 Å². The molecule has 3 aromatic rings. The first kappa shape index (κ1) is 17.7. The standard InChI is InChI=1S/C20H22N4O2/c1-3-4-16(14-7-9-21-10-8-14)23-20-13-22-12-17(24-20)15-5-6-18(25)19(11-15)26-2/h5-13,16,25H,3-4H2,1-2H3,(H,23,24). The third-order valence-corrected chi connectivity index (χ3v) is 4.12. The van der Waals surface area contributed by atoms with E-state index in [0.717, 1.165) is 18.4 Å². The highest BCUT2D eigenvalue weighted by Crippen LogP contribution is 2.31. The first-order chi connectivity index (χ1) is 12.7. The van der Waals surface area contributed by atoms with E-state index in [0.29, 0.717) is 17.3 Å². The van der Waals surface area contributed by atoms with Gasteiger partial charge in [0, 0.05) is 18.0 Å². The average molecular weight is 350 g/mol. The Kier molecular flexibility index (Phi) is 5.63. The zero-order chi connectivity index (χ0) is 18.4. The predicted molar refractivity (Wildman–Crippen MR) is 101 cm³/mol. The van der Waals surface area contributed by atoms with Gasteiger partial charge in [-0.15, -0.1) is 0 Å². The van der Waals surface area contributed by atoms with E-state index in [2.05, 4.69) is 27.2 Å². The van der Waals surface area contributed by atoms with Crippen molar-refractivity contribution in [1.29, 1.82) is 0 Å². The van der Waals surface area contributed by atoms with Crippen molar-refractivity contribution >= 4 is 5.82 Å². The quantitative estimate of drug-likeness (QED) is 0.664. The number of benzene rings is 1. The lowest BCUT2D eigenvalue weighted by Gasteiger charge is -2.19. The summed E-state index contributed by atoms with van der Waals surface area (Å²) in [5.41, 5.74) is 2.70. The summed E-state index contributed by atoms with van der Waals surface area (Å²) in [7, 11) is 1.52. The second-order valence-corrected chi connectivity index (χ2v) is 5.94. The molecule has 2 N–H and O–H groups in total. The Bertz CT molecular complexity index is 855. The van der Waals surface area contributed by atoms with Crippen molar-refractivity contribution in [2.75, 3.05) is 12.4 Å².